The van der Waals surface area contributed by atoms with Crippen molar-refractivity contribution in [3.63, 3.8) is 0 Å². The highest BCUT2D eigenvalue weighted by Gasteiger charge is 2.40. The maximum atomic E-state index is 11.8. The van der Waals surface area contributed by atoms with Crippen molar-refractivity contribution < 1.29 is 9.59 Å². The molecule has 1 aromatic rings. The van der Waals surface area contributed by atoms with Gasteiger partial charge >= 0.3 is 0 Å². The van der Waals surface area contributed by atoms with Crippen molar-refractivity contribution >= 4 is 11.7 Å². The number of ketones is 1. The molecule has 1 N–H and O–H groups in total. The SMILES string of the molecule is C[C@H]1C(=O)N[C@H]1C(=O)c1ccccc1. The molecule has 1 fully saturated rings. The quantitative estimate of drug-likeness (QED) is 0.557. The number of β-lactam (4-membered cyclic amide) rings is 1. The average molecular weight is 189 g/mol. The first-order valence-corrected chi connectivity index (χ1v) is 4.60. The first-order chi connectivity index (χ1) is 6.70. The Balaban J connectivity index is 2.15. The molecule has 2 atom stereocenters. The van der Waals surface area contributed by atoms with E-state index in [1.807, 2.05) is 18.2 Å². The fourth-order valence-electron chi connectivity index (χ4n) is 1.54. The van der Waals surface area contributed by atoms with Crippen LogP contribution in [0, 0.1) is 5.92 Å². The molecule has 0 aliphatic carbocycles. The zero-order chi connectivity index (χ0) is 10.1. The van der Waals surface area contributed by atoms with Crippen molar-refractivity contribution in [1.82, 2.24) is 5.32 Å². The molecule has 3 heteroatoms. The number of hydrogen-bond acceptors (Lipinski definition) is 2. The zero-order valence-electron chi connectivity index (χ0n) is 7.86. The fraction of sp³-hybridized carbons (Fsp3) is 0.273. The molecule has 0 radical (unpaired) electrons. The highest BCUT2D eigenvalue weighted by Crippen LogP contribution is 2.18. The number of rotatable bonds is 2. The van der Waals surface area contributed by atoms with Crippen LogP contribution in [0.25, 0.3) is 0 Å². The lowest BCUT2D eigenvalue weighted by molar-refractivity contribution is -0.132. The van der Waals surface area contributed by atoms with Gasteiger partial charge in [-0.25, -0.2) is 0 Å². The van der Waals surface area contributed by atoms with E-state index >= 15 is 0 Å². The van der Waals surface area contributed by atoms with Crippen LogP contribution in [-0.2, 0) is 4.79 Å². The Morgan fingerprint density at radius 2 is 1.93 bits per heavy atom. The van der Waals surface area contributed by atoms with E-state index in [0.29, 0.717) is 5.56 Å². The van der Waals surface area contributed by atoms with Gasteiger partial charge in [-0.3, -0.25) is 9.59 Å². The number of benzene rings is 1. The number of carbonyl (C=O) groups excluding carboxylic acids is 2. The normalized spacial score (nSPS) is 25.1. The highest BCUT2D eigenvalue weighted by molar-refractivity contribution is 6.08. The van der Waals surface area contributed by atoms with Crippen LogP contribution in [0.4, 0.5) is 0 Å². The van der Waals surface area contributed by atoms with Crippen molar-refractivity contribution in [3.8, 4) is 0 Å². The van der Waals surface area contributed by atoms with Crippen LogP contribution in [-0.4, -0.2) is 17.7 Å². The van der Waals surface area contributed by atoms with E-state index in [1.165, 1.54) is 0 Å². The van der Waals surface area contributed by atoms with Gasteiger partial charge in [0.25, 0.3) is 0 Å². The van der Waals surface area contributed by atoms with Gasteiger partial charge in [-0.2, -0.15) is 0 Å². The van der Waals surface area contributed by atoms with Crippen molar-refractivity contribution in [2.45, 2.75) is 13.0 Å². The van der Waals surface area contributed by atoms with E-state index in [2.05, 4.69) is 5.32 Å². The molecule has 0 bridgehead atoms. The minimum Gasteiger partial charge on any atom is -0.345 e. The highest BCUT2D eigenvalue weighted by atomic mass is 16.2. The lowest BCUT2D eigenvalue weighted by Gasteiger charge is -2.32. The van der Waals surface area contributed by atoms with E-state index in [-0.39, 0.29) is 23.7 Å². The molecule has 1 heterocycles. The molecule has 1 amide bonds. The lowest BCUT2D eigenvalue weighted by atomic mass is 9.86. The van der Waals surface area contributed by atoms with E-state index in [0.717, 1.165) is 0 Å². The third-order valence-electron chi connectivity index (χ3n) is 2.55. The predicted molar refractivity (Wildman–Crippen MR) is 51.9 cm³/mol. The molecule has 14 heavy (non-hydrogen) atoms. The summed E-state index contributed by atoms with van der Waals surface area (Å²) in [6, 6.07) is 8.69. The Kier molecular flexibility index (Phi) is 2.08. The maximum absolute atomic E-state index is 11.8. The lowest BCUT2D eigenvalue weighted by Crippen LogP contribution is -2.60. The number of carbonyl (C=O) groups is 2. The summed E-state index contributed by atoms with van der Waals surface area (Å²) in [7, 11) is 0. The zero-order valence-corrected chi connectivity index (χ0v) is 7.86. The summed E-state index contributed by atoms with van der Waals surface area (Å²) < 4.78 is 0. The van der Waals surface area contributed by atoms with E-state index < -0.39 is 0 Å². The van der Waals surface area contributed by atoms with E-state index in [1.54, 1.807) is 19.1 Å². The Labute approximate surface area is 82.1 Å². The summed E-state index contributed by atoms with van der Waals surface area (Å²) in [6.07, 6.45) is 0. The third kappa shape index (κ3) is 1.31. The van der Waals surface area contributed by atoms with Crippen molar-refractivity contribution in [2.24, 2.45) is 5.92 Å². The largest absolute Gasteiger partial charge is 0.345 e. The molecule has 1 aromatic carbocycles. The van der Waals surface area contributed by atoms with Gasteiger partial charge in [-0.1, -0.05) is 37.3 Å². The molecule has 1 saturated heterocycles. The van der Waals surface area contributed by atoms with Gasteiger partial charge in [0.15, 0.2) is 5.78 Å². The standard InChI is InChI=1S/C11H11NO2/c1-7-9(12-11(7)14)10(13)8-5-3-2-4-6-8/h2-7,9H,1H3,(H,12,14)/t7-,9-/m1/s1. The van der Waals surface area contributed by atoms with E-state index in [9.17, 15) is 9.59 Å². The first-order valence-electron chi connectivity index (χ1n) is 4.60. The van der Waals surface area contributed by atoms with Crippen molar-refractivity contribution in [2.75, 3.05) is 0 Å². The number of amides is 1. The maximum Gasteiger partial charge on any atom is 0.226 e. The van der Waals surface area contributed by atoms with Crippen LogP contribution < -0.4 is 5.32 Å². The van der Waals surface area contributed by atoms with E-state index in [4.69, 9.17) is 0 Å². The smallest absolute Gasteiger partial charge is 0.226 e. The second kappa shape index (κ2) is 3.25. The molecule has 0 saturated carbocycles. The summed E-state index contributed by atoms with van der Waals surface area (Å²) in [6.45, 7) is 1.77. The minimum atomic E-state index is -0.329. The van der Waals surface area contributed by atoms with Crippen LogP contribution in [0.5, 0.6) is 0 Å². The molecule has 0 unspecified atom stereocenters. The van der Waals surface area contributed by atoms with Crippen LogP contribution in [0.1, 0.15) is 17.3 Å². The summed E-state index contributed by atoms with van der Waals surface area (Å²) in [4.78, 5) is 22.7. The van der Waals surface area contributed by atoms with Crippen LogP contribution in [0.2, 0.25) is 0 Å². The summed E-state index contributed by atoms with van der Waals surface area (Å²) in [5, 5.41) is 2.60. The number of Topliss-reactive ketones (excluding diaryl/α,β-unsaturated/α-hetero) is 1. The Hall–Kier alpha value is -1.64. The van der Waals surface area contributed by atoms with Crippen LogP contribution in [0.3, 0.4) is 0 Å². The molecule has 0 spiro atoms. The van der Waals surface area contributed by atoms with Gasteiger partial charge in [0.2, 0.25) is 5.91 Å². The van der Waals surface area contributed by atoms with Gasteiger partial charge in [0.1, 0.15) is 6.04 Å². The minimum absolute atomic E-state index is 0.00213. The number of nitrogens with one attached hydrogen (secondary N) is 1. The Morgan fingerprint density at radius 3 is 2.43 bits per heavy atom. The molecule has 0 aromatic heterocycles. The van der Waals surface area contributed by atoms with Crippen LogP contribution >= 0.6 is 0 Å². The molecule has 72 valence electrons. The summed E-state index contributed by atoms with van der Waals surface area (Å²) >= 11 is 0. The summed E-state index contributed by atoms with van der Waals surface area (Å²) in [5.74, 6) is -0.236. The molecule has 3 nitrogen and oxygen atoms in total. The van der Waals surface area contributed by atoms with Gasteiger partial charge in [-0.05, 0) is 0 Å². The molecular weight excluding hydrogens is 178 g/mol. The molecule has 1 aliphatic heterocycles. The van der Waals surface area contributed by atoms with Gasteiger partial charge in [0.05, 0.1) is 5.92 Å². The predicted octanol–water partition coefficient (Wildman–Crippen LogP) is 1.00. The van der Waals surface area contributed by atoms with Crippen molar-refractivity contribution in [1.29, 1.82) is 0 Å². The van der Waals surface area contributed by atoms with Crippen molar-refractivity contribution in [3.05, 3.63) is 35.9 Å². The third-order valence-corrected chi connectivity index (χ3v) is 2.55. The Bertz CT molecular complexity index is 372. The molecular formula is C11H11NO2. The van der Waals surface area contributed by atoms with Gasteiger partial charge in [-0.15, -0.1) is 0 Å². The average Bonchev–Trinajstić information content (AvgIpc) is 2.25. The topological polar surface area (TPSA) is 46.2 Å². The van der Waals surface area contributed by atoms with Gasteiger partial charge < -0.3 is 5.32 Å². The monoisotopic (exact) mass is 189 g/mol. The number of hydrogen-bond donors (Lipinski definition) is 1. The molecule has 2 rings (SSSR count). The molecule has 1 aliphatic rings. The fourth-order valence-corrected chi connectivity index (χ4v) is 1.54. The second-order valence-corrected chi connectivity index (χ2v) is 3.51. The van der Waals surface area contributed by atoms with Crippen LogP contribution in [0.15, 0.2) is 30.3 Å². The first kappa shape index (κ1) is 8.94. The summed E-state index contributed by atoms with van der Waals surface area (Å²) in [5.41, 5.74) is 0.657. The Morgan fingerprint density at radius 1 is 1.29 bits per heavy atom. The van der Waals surface area contributed by atoms with Gasteiger partial charge in [0, 0.05) is 5.56 Å². The second-order valence-electron chi connectivity index (χ2n) is 3.51.